The number of para-hydroxylation sites is 3. The quantitative estimate of drug-likeness (QED) is 0.0991. The number of aromatic nitrogens is 2. The first kappa shape index (κ1) is 32.7. The van der Waals surface area contributed by atoms with Gasteiger partial charge >= 0.3 is 0 Å². The smallest absolute Gasteiger partial charge is 0.225 e. The molecule has 260 valence electrons. The normalized spacial score (nSPS) is 19.4. The average molecular weight is 684 g/mol. The molecule has 0 aliphatic carbocycles. The van der Waals surface area contributed by atoms with Crippen molar-refractivity contribution in [3.8, 4) is 17.3 Å². The Labute approximate surface area is 307 Å². The fraction of sp³-hybridized carbons (Fsp3) is 0.234. The second-order valence-electron chi connectivity index (χ2n) is 17.0. The fourth-order valence-electron chi connectivity index (χ4n) is 8.23. The minimum absolute atomic E-state index is 0.00593. The molecule has 52 heavy (non-hydrogen) atoms. The summed E-state index contributed by atoms with van der Waals surface area (Å²) in [7, 11) is 0. The Morgan fingerprint density at radius 3 is 2.02 bits per heavy atom. The van der Waals surface area contributed by atoms with Gasteiger partial charge in [0.05, 0.1) is 11.0 Å². The lowest BCUT2D eigenvalue weighted by atomic mass is 9.86. The predicted molar refractivity (Wildman–Crippen MR) is 217 cm³/mol. The minimum Gasteiger partial charge on any atom is -0.457 e. The van der Waals surface area contributed by atoms with Crippen LogP contribution in [0.2, 0.25) is 0 Å². The van der Waals surface area contributed by atoms with Gasteiger partial charge in [-0.05, 0) is 69.8 Å². The molecule has 1 saturated heterocycles. The molecule has 0 amide bonds. The van der Waals surface area contributed by atoms with E-state index in [1.807, 2.05) is 6.20 Å². The highest BCUT2D eigenvalue weighted by molar-refractivity contribution is 6.09. The predicted octanol–water partition coefficient (Wildman–Crippen LogP) is 13.0. The molecule has 5 heteroatoms. The highest BCUT2D eigenvalue weighted by Gasteiger charge is 2.78. The van der Waals surface area contributed by atoms with Crippen molar-refractivity contribution in [1.29, 1.82) is 0 Å². The Morgan fingerprint density at radius 2 is 1.29 bits per heavy atom. The van der Waals surface area contributed by atoms with Crippen molar-refractivity contribution < 1.29 is 4.74 Å². The molecule has 5 nitrogen and oxygen atoms in total. The zero-order valence-corrected chi connectivity index (χ0v) is 31.5. The topological polar surface area (TPSA) is 27.1 Å². The summed E-state index contributed by atoms with van der Waals surface area (Å²) in [4.78, 5) is 4.89. The number of ether oxygens (including phenoxy) is 1. The van der Waals surface area contributed by atoms with Crippen LogP contribution in [0.15, 0.2) is 128 Å². The van der Waals surface area contributed by atoms with Crippen LogP contribution < -0.4 is 13.9 Å². The van der Waals surface area contributed by atoms with Gasteiger partial charge in [0.1, 0.15) is 17.3 Å². The number of hydrogen-bond donors (Lipinski definition) is 0. The van der Waals surface area contributed by atoms with Crippen molar-refractivity contribution in [2.75, 3.05) is 0 Å². The van der Waals surface area contributed by atoms with Crippen molar-refractivity contribution >= 4 is 44.6 Å². The summed E-state index contributed by atoms with van der Waals surface area (Å²) >= 11 is 0. The van der Waals surface area contributed by atoms with E-state index in [0.717, 1.165) is 28.4 Å². The monoisotopic (exact) mass is 683 g/mol. The van der Waals surface area contributed by atoms with Crippen LogP contribution in [-0.4, -0.2) is 9.55 Å². The summed E-state index contributed by atoms with van der Waals surface area (Å²) in [6, 6.07) is 44.3. The van der Waals surface area contributed by atoms with Gasteiger partial charge in [-0.3, -0.25) is 4.57 Å². The summed E-state index contributed by atoms with van der Waals surface area (Å²) in [5, 5.41) is 2.37. The molecule has 1 unspecified atom stereocenters. The van der Waals surface area contributed by atoms with Gasteiger partial charge in [0, 0.05) is 59.4 Å². The maximum Gasteiger partial charge on any atom is 0.225 e. The molecule has 2 aliphatic rings. The van der Waals surface area contributed by atoms with E-state index in [1.54, 1.807) is 0 Å². The molecule has 0 spiro atoms. The molecular weight excluding hydrogens is 637 g/mol. The molecule has 0 bridgehead atoms. The molecule has 0 saturated carbocycles. The largest absolute Gasteiger partial charge is 0.457 e. The number of hydrogen-bond acceptors (Lipinski definition) is 2. The second kappa shape index (κ2) is 11.1. The molecule has 9 rings (SSSR count). The van der Waals surface area contributed by atoms with Crippen LogP contribution in [-0.2, 0) is 10.8 Å². The van der Waals surface area contributed by atoms with Gasteiger partial charge in [-0.15, -0.1) is 0 Å². The van der Waals surface area contributed by atoms with E-state index in [0.29, 0.717) is 15.1 Å². The Balaban J connectivity index is 1.18. The minimum atomic E-state index is -0.0832. The first-order chi connectivity index (χ1) is 24.8. The van der Waals surface area contributed by atoms with Crippen molar-refractivity contribution in [3.63, 3.8) is 0 Å². The third-order valence-electron chi connectivity index (χ3n) is 11.2. The number of quaternary nitrogens is 2. The van der Waals surface area contributed by atoms with E-state index >= 15 is 0 Å². The van der Waals surface area contributed by atoms with Crippen LogP contribution in [0.25, 0.3) is 27.6 Å². The highest BCUT2D eigenvalue weighted by Crippen LogP contribution is 2.75. The van der Waals surface area contributed by atoms with Crippen LogP contribution in [0.4, 0.5) is 22.7 Å². The number of pyridine rings is 1. The summed E-state index contributed by atoms with van der Waals surface area (Å²) in [5.41, 5.74) is 11.1. The van der Waals surface area contributed by atoms with Gasteiger partial charge in [-0.2, -0.15) is 9.18 Å². The number of rotatable bonds is 6. The lowest BCUT2D eigenvalue weighted by molar-refractivity contribution is 0.422. The van der Waals surface area contributed by atoms with Crippen LogP contribution in [0, 0.1) is 6.67 Å². The van der Waals surface area contributed by atoms with Gasteiger partial charge < -0.3 is 4.74 Å². The van der Waals surface area contributed by atoms with Gasteiger partial charge in [0.15, 0.2) is 18.0 Å². The fourth-order valence-corrected chi connectivity index (χ4v) is 8.23. The summed E-state index contributed by atoms with van der Waals surface area (Å²) in [5.74, 6) is 3.00. The van der Waals surface area contributed by atoms with Crippen LogP contribution in [0.5, 0.6) is 11.5 Å². The van der Waals surface area contributed by atoms with Gasteiger partial charge in [-0.25, -0.2) is 4.98 Å². The van der Waals surface area contributed by atoms with E-state index in [2.05, 4.69) is 188 Å². The van der Waals surface area contributed by atoms with E-state index in [9.17, 15) is 0 Å². The second-order valence-corrected chi connectivity index (χ2v) is 17.0. The van der Waals surface area contributed by atoms with Gasteiger partial charge in [-0.1, -0.05) is 97.9 Å². The molecule has 5 aromatic carbocycles. The van der Waals surface area contributed by atoms with Crippen molar-refractivity contribution in [2.45, 2.75) is 72.1 Å². The standard InChI is InChI=1S/C47H47N4O/c1-31(2)32-14-13-15-35(24-32)50-30-51(50,44-19-12-11-18-43(44)50)36-25-34(47(6,7)8)26-38(28-36)52-37-20-21-40-39-16-9-10-17-41(39)49(42(40)29-37)45-27-33(22-23-48-45)46(3,4)5/h9-31H,1-8H3/q+1/t50?,51-/m1/s1. The summed E-state index contributed by atoms with van der Waals surface area (Å²) < 4.78 is 10.5. The van der Waals surface area contributed by atoms with E-state index < -0.39 is 0 Å². The first-order valence-corrected chi connectivity index (χ1v) is 18.5. The SMILES string of the molecule is CC(C)c1cccc([N+]23[CH-][N@@+]2(c2cc(Oc4ccc5c6ccccc6n(-c6cc(C(C)(C)C)ccn6)c5c4)cc(C(C)(C)C)c2)c2ccccc23)c1. The zero-order chi connectivity index (χ0) is 36.2. The number of nitrogens with zero attached hydrogens (tertiary/aromatic N) is 4. The lowest BCUT2D eigenvalue weighted by Crippen LogP contribution is -2.46. The summed E-state index contributed by atoms with van der Waals surface area (Å²) in [6.45, 7) is 20.6. The Kier molecular flexibility index (Phi) is 6.99. The number of benzene rings is 5. The van der Waals surface area contributed by atoms with Crippen LogP contribution in [0.1, 0.15) is 78.0 Å². The molecule has 4 heterocycles. The molecule has 0 radical (unpaired) electrons. The highest BCUT2D eigenvalue weighted by atomic mass is 16.5. The molecule has 2 aromatic heterocycles. The van der Waals surface area contributed by atoms with Crippen molar-refractivity contribution in [1.82, 2.24) is 18.7 Å². The van der Waals surface area contributed by atoms with Crippen molar-refractivity contribution in [3.05, 3.63) is 151 Å². The van der Waals surface area contributed by atoms with Crippen molar-refractivity contribution in [2.24, 2.45) is 0 Å². The first-order valence-electron chi connectivity index (χ1n) is 18.5. The number of fused-ring (bicyclic) bond motifs is 7. The molecule has 2 aliphatic heterocycles. The maximum absolute atomic E-state index is 6.92. The van der Waals surface area contributed by atoms with Gasteiger partial charge in [0.25, 0.3) is 0 Å². The average Bonchev–Trinajstić information content (AvgIpc) is 3.61. The van der Waals surface area contributed by atoms with Gasteiger partial charge in [0.2, 0.25) is 11.4 Å². The van der Waals surface area contributed by atoms with Crippen LogP contribution >= 0.6 is 0 Å². The lowest BCUT2D eigenvalue weighted by Gasteiger charge is -2.40. The Bertz CT molecular complexity index is 2550. The third kappa shape index (κ3) is 4.72. The Morgan fingerprint density at radius 1 is 0.596 bits per heavy atom. The van der Waals surface area contributed by atoms with E-state index in [1.165, 1.54) is 50.2 Å². The molecular formula is C47H47N4O+. The maximum atomic E-state index is 6.92. The van der Waals surface area contributed by atoms with E-state index in [4.69, 9.17) is 9.72 Å². The molecule has 2 atom stereocenters. The molecule has 1 fully saturated rings. The van der Waals surface area contributed by atoms with Crippen LogP contribution in [0.3, 0.4) is 0 Å². The summed E-state index contributed by atoms with van der Waals surface area (Å²) in [6.07, 6.45) is 1.93. The Hall–Kier alpha value is -5.23. The zero-order valence-electron chi connectivity index (χ0n) is 31.5. The molecule has 7 aromatic rings. The van der Waals surface area contributed by atoms with E-state index in [-0.39, 0.29) is 10.8 Å². The third-order valence-corrected chi connectivity index (χ3v) is 11.2. The molecule has 0 N–H and O–H groups in total.